The Morgan fingerprint density at radius 2 is 1.83 bits per heavy atom. The van der Waals surface area contributed by atoms with Gasteiger partial charge in [-0.05, 0) is 42.8 Å². The predicted octanol–water partition coefficient (Wildman–Crippen LogP) is 4.44. The largest absolute Gasteiger partial charge is 0.345 e. The van der Waals surface area contributed by atoms with Gasteiger partial charge in [0.15, 0.2) is 0 Å². The van der Waals surface area contributed by atoms with Crippen molar-refractivity contribution in [3.8, 4) is 0 Å². The molecular weight excluding hydrogens is 335 g/mol. The number of carbonyl (C=O) groups excluding carboxylic acids is 2. The number of rotatable bonds is 4. The molecule has 120 valence electrons. The standard InChI is InChI=1S/C17H16Cl2N2O2/c1-10(15-7-6-13(18)9-16(15)19)20-17(23)12-4-3-5-14(8-12)21-11(2)22/h3-10H,1-2H3,(H,20,23)(H,21,22). The van der Waals surface area contributed by atoms with Gasteiger partial charge in [0, 0.05) is 28.2 Å². The molecular formula is C17H16Cl2N2O2. The van der Waals surface area contributed by atoms with E-state index in [9.17, 15) is 9.59 Å². The van der Waals surface area contributed by atoms with Crippen LogP contribution in [0.1, 0.15) is 35.8 Å². The average molecular weight is 351 g/mol. The van der Waals surface area contributed by atoms with Crippen LogP contribution in [0, 0.1) is 0 Å². The smallest absolute Gasteiger partial charge is 0.251 e. The number of anilines is 1. The minimum atomic E-state index is -0.281. The van der Waals surface area contributed by atoms with E-state index in [1.807, 2.05) is 6.92 Å². The summed E-state index contributed by atoms with van der Waals surface area (Å²) in [6.45, 7) is 3.25. The Balaban J connectivity index is 2.13. The summed E-state index contributed by atoms with van der Waals surface area (Å²) in [6, 6.07) is 11.6. The van der Waals surface area contributed by atoms with Gasteiger partial charge in [-0.25, -0.2) is 0 Å². The summed E-state index contributed by atoms with van der Waals surface area (Å²) in [6.07, 6.45) is 0. The number of carbonyl (C=O) groups is 2. The van der Waals surface area contributed by atoms with Gasteiger partial charge in [-0.2, -0.15) is 0 Å². The van der Waals surface area contributed by atoms with Gasteiger partial charge in [0.05, 0.1) is 6.04 Å². The highest BCUT2D eigenvalue weighted by Crippen LogP contribution is 2.26. The Kier molecular flexibility index (Phi) is 5.64. The van der Waals surface area contributed by atoms with Crippen molar-refractivity contribution in [1.29, 1.82) is 0 Å². The van der Waals surface area contributed by atoms with Gasteiger partial charge >= 0.3 is 0 Å². The third kappa shape index (κ3) is 4.71. The molecule has 4 nitrogen and oxygen atoms in total. The second-order valence-electron chi connectivity index (χ2n) is 5.12. The molecule has 0 saturated carbocycles. The first-order valence-corrected chi connectivity index (χ1v) is 7.76. The van der Waals surface area contributed by atoms with Gasteiger partial charge in [-0.3, -0.25) is 9.59 Å². The summed E-state index contributed by atoms with van der Waals surface area (Å²) in [5.74, 6) is -0.445. The van der Waals surface area contributed by atoms with Crippen LogP contribution in [0.4, 0.5) is 5.69 Å². The fourth-order valence-electron chi connectivity index (χ4n) is 2.15. The second-order valence-corrected chi connectivity index (χ2v) is 5.97. The topological polar surface area (TPSA) is 58.2 Å². The SMILES string of the molecule is CC(=O)Nc1cccc(C(=O)NC(C)c2ccc(Cl)cc2Cl)c1. The van der Waals surface area contributed by atoms with Crippen LogP contribution in [0.5, 0.6) is 0 Å². The van der Waals surface area contributed by atoms with Crippen molar-refractivity contribution >= 4 is 40.7 Å². The number of amides is 2. The molecule has 2 N–H and O–H groups in total. The molecule has 2 aromatic rings. The normalized spacial score (nSPS) is 11.7. The molecule has 0 aliphatic rings. The van der Waals surface area contributed by atoms with E-state index in [4.69, 9.17) is 23.2 Å². The molecule has 0 bridgehead atoms. The van der Waals surface area contributed by atoms with E-state index in [0.29, 0.717) is 21.3 Å². The maximum Gasteiger partial charge on any atom is 0.251 e. The van der Waals surface area contributed by atoms with Crippen molar-refractivity contribution in [3.63, 3.8) is 0 Å². The van der Waals surface area contributed by atoms with Crippen molar-refractivity contribution in [1.82, 2.24) is 5.32 Å². The van der Waals surface area contributed by atoms with Crippen LogP contribution in [0.3, 0.4) is 0 Å². The molecule has 0 radical (unpaired) electrons. The highest BCUT2D eigenvalue weighted by Gasteiger charge is 2.14. The Hall–Kier alpha value is -2.04. The molecule has 1 unspecified atom stereocenters. The molecule has 0 aliphatic heterocycles. The molecule has 2 amide bonds. The third-order valence-corrected chi connectivity index (χ3v) is 3.78. The van der Waals surface area contributed by atoms with E-state index in [-0.39, 0.29) is 17.9 Å². The summed E-state index contributed by atoms with van der Waals surface area (Å²) >= 11 is 12.0. The number of nitrogens with one attached hydrogen (secondary N) is 2. The lowest BCUT2D eigenvalue weighted by Crippen LogP contribution is -2.27. The summed E-state index contributed by atoms with van der Waals surface area (Å²) in [4.78, 5) is 23.4. The van der Waals surface area contributed by atoms with E-state index in [2.05, 4.69) is 10.6 Å². The summed E-state index contributed by atoms with van der Waals surface area (Å²) < 4.78 is 0. The van der Waals surface area contributed by atoms with E-state index in [1.54, 1.807) is 42.5 Å². The maximum atomic E-state index is 12.4. The summed E-state index contributed by atoms with van der Waals surface area (Å²) in [7, 11) is 0. The minimum absolute atomic E-state index is 0.191. The lowest BCUT2D eigenvalue weighted by Gasteiger charge is -2.16. The molecule has 0 fully saturated rings. The van der Waals surface area contributed by atoms with Gasteiger partial charge in [0.25, 0.3) is 5.91 Å². The summed E-state index contributed by atoms with van der Waals surface area (Å²) in [5.41, 5.74) is 1.80. The van der Waals surface area contributed by atoms with Gasteiger partial charge in [0.2, 0.25) is 5.91 Å². The first-order chi connectivity index (χ1) is 10.9. The Morgan fingerprint density at radius 3 is 2.48 bits per heavy atom. The monoisotopic (exact) mass is 350 g/mol. The molecule has 0 aliphatic carbocycles. The second kappa shape index (κ2) is 7.49. The van der Waals surface area contributed by atoms with Gasteiger partial charge in [-0.15, -0.1) is 0 Å². The highest BCUT2D eigenvalue weighted by atomic mass is 35.5. The highest BCUT2D eigenvalue weighted by molar-refractivity contribution is 6.35. The van der Waals surface area contributed by atoms with E-state index >= 15 is 0 Å². The number of hydrogen-bond acceptors (Lipinski definition) is 2. The third-order valence-electron chi connectivity index (χ3n) is 3.22. The predicted molar refractivity (Wildman–Crippen MR) is 93.1 cm³/mol. The van der Waals surface area contributed by atoms with Crippen LogP contribution in [0.25, 0.3) is 0 Å². The van der Waals surface area contributed by atoms with E-state index in [1.165, 1.54) is 6.92 Å². The minimum Gasteiger partial charge on any atom is -0.345 e. The van der Waals surface area contributed by atoms with Gasteiger partial charge < -0.3 is 10.6 Å². The molecule has 0 aromatic heterocycles. The molecule has 0 spiro atoms. The zero-order chi connectivity index (χ0) is 17.0. The van der Waals surface area contributed by atoms with Crippen LogP contribution >= 0.6 is 23.2 Å². The van der Waals surface area contributed by atoms with Crippen molar-refractivity contribution < 1.29 is 9.59 Å². The van der Waals surface area contributed by atoms with Crippen LogP contribution in [0.2, 0.25) is 10.0 Å². The maximum absolute atomic E-state index is 12.4. The molecule has 6 heteroatoms. The molecule has 23 heavy (non-hydrogen) atoms. The fraction of sp³-hybridized carbons (Fsp3) is 0.176. The zero-order valence-electron chi connectivity index (χ0n) is 12.7. The van der Waals surface area contributed by atoms with Crippen LogP contribution in [0.15, 0.2) is 42.5 Å². The molecule has 0 heterocycles. The number of hydrogen-bond donors (Lipinski definition) is 2. The first kappa shape index (κ1) is 17.3. The van der Waals surface area contributed by atoms with Crippen LogP contribution in [-0.2, 0) is 4.79 Å². The molecule has 2 rings (SSSR count). The Morgan fingerprint density at radius 1 is 1.09 bits per heavy atom. The van der Waals surface area contributed by atoms with Crippen LogP contribution < -0.4 is 10.6 Å². The van der Waals surface area contributed by atoms with Gasteiger partial charge in [-0.1, -0.05) is 35.3 Å². The van der Waals surface area contributed by atoms with Crippen LogP contribution in [-0.4, -0.2) is 11.8 Å². The van der Waals surface area contributed by atoms with E-state index in [0.717, 1.165) is 5.56 Å². The van der Waals surface area contributed by atoms with Crippen molar-refractivity contribution in [2.24, 2.45) is 0 Å². The zero-order valence-corrected chi connectivity index (χ0v) is 14.2. The number of benzene rings is 2. The molecule has 0 saturated heterocycles. The number of halogens is 2. The lowest BCUT2D eigenvalue weighted by molar-refractivity contribution is -0.114. The Bertz CT molecular complexity index is 747. The van der Waals surface area contributed by atoms with Crippen molar-refractivity contribution in [3.05, 3.63) is 63.6 Å². The quantitative estimate of drug-likeness (QED) is 0.855. The lowest BCUT2D eigenvalue weighted by atomic mass is 10.1. The Labute approximate surface area is 144 Å². The van der Waals surface area contributed by atoms with Gasteiger partial charge in [0.1, 0.15) is 0 Å². The molecule has 1 atom stereocenters. The van der Waals surface area contributed by atoms with E-state index < -0.39 is 0 Å². The first-order valence-electron chi connectivity index (χ1n) is 7.00. The fourth-order valence-corrected chi connectivity index (χ4v) is 2.72. The summed E-state index contributed by atoms with van der Waals surface area (Å²) in [5, 5.41) is 6.56. The molecule has 2 aromatic carbocycles. The van der Waals surface area contributed by atoms with Crippen molar-refractivity contribution in [2.75, 3.05) is 5.32 Å². The van der Waals surface area contributed by atoms with Crippen molar-refractivity contribution in [2.45, 2.75) is 19.9 Å². The average Bonchev–Trinajstić information content (AvgIpc) is 2.46.